The normalized spacial score (nSPS) is 0. The van der Waals surface area contributed by atoms with Crippen molar-refractivity contribution >= 4 is 56.6 Å². The molecule has 0 aliphatic heterocycles. The van der Waals surface area contributed by atoms with E-state index in [0.717, 1.165) is 0 Å². The van der Waals surface area contributed by atoms with Crippen LogP contribution in [0.1, 0.15) is 0 Å². The summed E-state index contributed by atoms with van der Waals surface area (Å²) >= 11 is 0. The van der Waals surface area contributed by atoms with E-state index >= 15 is 0 Å². The van der Waals surface area contributed by atoms with Gasteiger partial charge in [0.05, 0.1) is 0 Å². The Labute approximate surface area is 72.7 Å². The fourth-order valence-corrected chi connectivity index (χ4v) is 0. The summed E-state index contributed by atoms with van der Waals surface area (Å²) in [6, 6.07) is 0. The van der Waals surface area contributed by atoms with E-state index in [1.165, 1.54) is 0 Å². The van der Waals surface area contributed by atoms with Gasteiger partial charge in [-0.1, -0.05) is 0 Å². The van der Waals surface area contributed by atoms with Gasteiger partial charge in [0.2, 0.25) is 0 Å². The summed E-state index contributed by atoms with van der Waals surface area (Å²) in [4.78, 5) is 0. The Morgan fingerprint density at radius 2 is 0.333 bits per heavy atom. The standard InChI is InChI=1S/3Li.3H2O.3H/h;;;3*1H2;;;. The average Bonchev–Trinajstić information content (AvgIpc) is 0. The molecule has 0 spiro atoms. The molecule has 0 heterocycles. The van der Waals surface area contributed by atoms with Gasteiger partial charge in [0, 0.05) is 0 Å². The van der Waals surface area contributed by atoms with Gasteiger partial charge in [0.1, 0.15) is 0 Å². The minimum absolute atomic E-state index is 0. The van der Waals surface area contributed by atoms with Crippen molar-refractivity contribution in [2.24, 2.45) is 0 Å². The molecule has 0 amide bonds. The Balaban J connectivity index is 0. The molecule has 0 aliphatic carbocycles. The Morgan fingerprint density at radius 3 is 0.333 bits per heavy atom. The van der Waals surface area contributed by atoms with Crippen molar-refractivity contribution in [1.29, 1.82) is 0 Å². The molecule has 0 atom stereocenters. The van der Waals surface area contributed by atoms with Crippen LogP contribution in [0.25, 0.3) is 0 Å². The zero-order valence-electron chi connectivity index (χ0n) is 1.50. The Morgan fingerprint density at radius 1 is 0.333 bits per heavy atom. The average molecular weight is 77.9 g/mol. The van der Waals surface area contributed by atoms with E-state index in [1.54, 1.807) is 0 Å². The molecule has 0 aromatic heterocycles. The predicted octanol–water partition coefficient (Wildman–Crippen LogP) is -4.42. The van der Waals surface area contributed by atoms with E-state index in [1.807, 2.05) is 0 Å². The molecule has 6 N–H and O–H groups in total. The van der Waals surface area contributed by atoms with Crippen molar-refractivity contribution in [1.82, 2.24) is 0 Å². The number of rotatable bonds is 0. The first-order valence-electron chi connectivity index (χ1n) is 0. The van der Waals surface area contributed by atoms with Crippen LogP contribution < -0.4 is 0 Å². The van der Waals surface area contributed by atoms with E-state index in [0.29, 0.717) is 0 Å². The van der Waals surface area contributed by atoms with Crippen molar-refractivity contribution in [2.45, 2.75) is 0 Å². The number of hydrogen-bond donors (Lipinski definition) is 0. The van der Waals surface area contributed by atoms with Gasteiger partial charge in [-0.25, -0.2) is 0 Å². The second-order valence-electron chi connectivity index (χ2n) is 0. The Hall–Kier alpha value is 1.67. The van der Waals surface area contributed by atoms with Gasteiger partial charge in [-0.3, -0.25) is 0 Å². The molecule has 0 saturated carbocycles. The van der Waals surface area contributed by atoms with Crippen molar-refractivity contribution in [3.05, 3.63) is 0 Å². The topological polar surface area (TPSA) is 94.5 Å². The van der Waals surface area contributed by atoms with Crippen molar-refractivity contribution in [2.75, 3.05) is 0 Å². The molecule has 0 aromatic carbocycles. The van der Waals surface area contributed by atoms with Crippen molar-refractivity contribution < 1.29 is 16.4 Å². The fraction of sp³-hybridized carbons (Fsp3) is 0. The van der Waals surface area contributed by atoms with Gasteiger partial charge >= 0.3 is 56.6 Å². The van der Waals surface area contributed by atoms with Gasteiger partial charge in [0.25, 0.3) is 0 Å². The van der Waals surface area contributed by atoms with Crippen molar-refractivity contribution in [3.8, 4) is 0 Å². The van der Waals surface area contributed by atoms with Gasteiger partial charge in [-0.15, -0.1) is 0 Å². The van der Waals surface area contributed by atoms with Crippen LogP contribution in [-0.4, -0.2) is 73.0 Å². The summed E-state index contributed by atoms with van der Waals surface area (Å²) in [6.45, 7) is 0. The van der Waals surface area contributed by atoms with Crippen LogP contribution in [-0.2, 0) is 0 Å². The first kappa shape index (κ1) is 122. The summed E-state index contributed by atoms with van der Waals surface area (Å²) in [6.07, 6.45) is 0. The van der Waals surface area contributed by atoms with Gasteiger partial charge < -0.3 is 16.4 Å². The van der Waals surface area contributed by atoms with E-state index in [-0.39, 0.29) is 73.0 Å². The van der Waals surface area contributed by atoms with E-state index < -0.39 is 0 Å². The molecule has 0 bridgehead atoms. The van der Waals surface area contributed by atoms with Crippen LogP contribution in [0.5, 0.6) is 0 Å². The SMILES string of the molecule is O.O.O.[LiH].[LiH].[LiH]. The maximum absolute atomic E-state index is 0. The third-order valence-corrected chi connectivity index (χ3v) is 0. The third kappa shape index (κ3) is 44.3. The predicted molar refractivity (Wildman–Crippen MR) is 32.3 cm³/mol. The molecule has 6 heavy (non-hydrogen) atoms. The van der Waals surface area contributed by atoms with E-state index in [9.17, 15) is 0 Å². The molecule has 30 valence electrons. The summed E-state index contributed by atoms with van der Waals surface area (Å²) in [5.74, 6) is 0. The van der Waals surface area contributed by atoms with Crippen LogP contribution in [0.2, 0.25) is 0 Å². The van der Waals surface area contributed by atoms with Gasteiger partial charge in [-0.05, 0) is 0 Å². The summed E-state index contributed by atoms with van der Waals surface area (Å²) in [5, 5.41) is 0. The van der Waals surface area contributed by atoms with Crippen LogP contribution >= 0.6 is 0 Å². The third-order valence-electron chi connectivity index (χ3n) is 0. The molecule has 0 aliphatic rings. The summed E-state index contributed by atoms with van der Waals surface area (Å²) in [5.41, 5.74) is 0. The molecule has 0 fully saturated rings. The monoisotopic (exact) mass is 78.1 g/mol. The second kappa shape index (κ2) is 76.8. The van der Waals surface area contributed by atoms with Gasteiger partial charge in [0.15, 0.2) is 0 Å². The Kier molecular flexibility index (Phi) is 1560. The summed E-state index contributed by atoms with van der Waals surface area (Å²) < 4.78 is 0. The second-order valence-corrected chi connectivity index (χ2v) is 0. The molecule has 6 heteroatoms. The van der Waals surface area contributed by atoms with Gasteiger partial charge in [-0.2, -0.15) is 0 Å². The molecular formula is H9Li3O3. The molecule has 0 unspecified atom stereocenters. The molecular weight excluding hydrogens is 68.8 g/mol. The maximum atomic E-state index is 0. The van der Waals surface area contributed by atoms with Crippen LogP contribution in [0, 0.1) is 0 Å². The first-order valence-corrected chi connectivity index (χ1v) is 0. The molecule has 0 saturated heterocycles. The molecule has 0 radical (unpaired) electrons. The number of hydrogen-bond acceptors (Lipinski definition) is 0. The molecule has 3 nitrogen and oxygen atoms in total. The Bertz CT molecular complexity index is 6.00. The summed E-state index contributed by atoms with van der Waals surface area (Å²) in [7, 11) is 0. The fourth-order valence-electron chi connectivity index (χ4n) is 0. The van der Waals surface area contributed by atoms with Crippen LogP contribution in [0.4, 0.5) is 0 Å². The van der Waals surface area contributed by atoms with Crippen LogP contribution in [0.15, 0.2) is 0 Å². The first-order chi connectivity index (χ1) is 0. The van der Waals surface area contributed by atoms with Crippen LogP contribution in [0.3, 0.4) is 0 Å². The van der Waals surface area contributed by atoms with Crippen molar-refractivity contribution in [3.63, 3.8) is 0 Å². The molecule has 0 aromatic rings. The quantitative estimate of drug-likeness (QED) is 0.261. The molecule has 0 rings (SSSR count). The van der Waals surface area contributed by atoms with E-state index in [2.05, 4.69) is 0 Å². The zero-order chi connectivity index (χ0) is 0. The minimum atomic E-state index is 0. The zero-order valence-corrected chi connectivity index (χ0v) is 1.50. The van der Waals surface area contributed by atoms with E-state index in [4.69, 9.17) is 0 Å².